The van der Waals surface area contributed by atoms with E-state index in [0.717, 1.165) is 19.5 Å². The minimum atomic E-state index is 0.321. The highest BCUT2D eigenvalue weighted by molar-refractivity contribution is 5.28. The third-order valence-corrected chi connectivity index (χ3v) is 3.11. The van der Waals surface area contributed by atoms with Crippen LogP contribution in [0.5, 0.6) is 0 Å². The van der Waals surface area contributed by atoms with Gasteiger partial charge in [0.05, 0.1) is 0 Å². The van der Waals surface area contributed by atoms with Crippen LogP contribution in [0.3, 0.4) is 0 Å². The van der Waals surface area contributed by atoms with Crippen LogP contribution in [0.4, 0.5) is 0 Å². The first-order chi connectivity index (χ1) is 7.25. The van der Waals surface area contributed by atoms with Gasteiger partial charge in [-0.1, -0.05) is 24.3 Å². The minimum Gasteiger partial charge on any atom is -0.328 e. The molecule has 1 atom stereocenters. The Labute approximate surface area is 92.1 Å². The van der Waals surface area contributed by atoms with Crippen molar-refractivity contribution in [2.45, 2.75) is 32.4 Å². The lowest BCUT2D eigenvalue weighted by atomic mass is 10.00. The van der Waals surface area contributed by atoms with Crippen molar-refractivity contribution < 1.29 is 0 Å². The van der Waals surface area contributed by atoms with Crippen molar-refractivity contribution in [1.29, 1.82) is 0 Å². The van der Waals surface area contributed by atoms with Gasteiger partial charge in [0.1, 0.15) is 0 Å². The van der Waals surface area contributed by atoms with Crippen molar-refractivity contribution in [2.24, 2.45) is 5.73 Å². The molecule has 1 aromatic carbocycles. The van der Waals surface area contributed by atoms with Crippen LogP contribution in [0.2, 0.25) is 0 Å². The highest BCUT2D eigenvalue weighted by atomic mass is 15.1. The van der Waals surface area contributed by atoms with Crippen molar-refractivity contribution in [3.8, 4) is 0 Å². The molecule has 82 valence electrons. The van der Waals surface area contributed by atoms with E-state index in [4.69, 9.17) is 5.73 Å². The largest absolute Gasteiger partial charge is 0.328 e. The zero-order chi connectivity index (χ0) is 10.7. The summed E-state index contributed by atoms with van der Waals surface area (Å²) in [5.74, 6) is 0. The van der Waals surface area contributed by atoms with Gasteiger partial charge in [-0.2, -0.15) is 0 Å². The third kappa shape index (κ3) is 2.80. The Kier molecular flexibility index (Phi) is 3.39. The molecule has 0 fully saturated rings. The standard InChI is InChI=1S/C13H20N2/c1-11(14)6-8-15-9-7-12-4-2-3-5-13(12)10-15/h2-5,11H,6-10,14H2,1H3/t11-/m1/s1. The predicted octanol–water partition coefficient (Wildman–Crippen LogP) is 1.78. The molecule has 0 amide bonds. The van der Waals surface area contributed by atoms with E-state index in [1.807, 2.05) is 0 Å². The topological polar surface area (TPSA) is 29.3 Å². The molecular weight excluding hydrogens is 184 g/mol. The molecule has 0 aromatic heterocycles. The minimum absolute atomic E-state index is 0.321. The number of hydrogen-bond donors (Lipinski definition) is 1. The number of fused-ring (bicyclic) bond motifs is 1. The summed E-state index contributed by atoms with van der Waals surface area (Å²) in [6.07, 6.45) is 2.29. The molecule has 1 aromatic rings. The van der Waals surface area contributed by atoms with Crippen LogP contribution < -0.4 is 5.73 Å². The molecule has 1 aliphatic rings. The fourth-order valence-corrected chi connectivity index (χ4v) is 2.13. The molecule has 1 heterocycles. The third-order valence-electron chi connectivity index (χ3n) is 3.11. The molecule has 0 radical (unpaired) electrons. The first kappa shape index (κ1) is 10.7. The van der Waals surface area contributed by atoms with Gasteiger partial charge in [0, 0.05) is 19.1 Å². The van der Waals surface area contributed by atoms with Gasteiger partial charge in [-0.05, 0) is 37.4 Å². The number of hydrogen-bond acceptors (Lipinski definition) is 2. The Morgan fingerprint density at radius 2 is 2.07 bits per heavy atom. The van der Waals surface area contributed by atoms with Gasteiger partial charge < -0.3 is 5.73 Å². The molecule has 2 rings (SSSR count). The van der Waals surface area contributed by atoms with E-state index in [1.54, 1.807) is 0 Å². The summed E-state index contributed by atoms with van der Waals surface area (Å²) in [5.41, 5.74) is 8.79. The maximum atomic E-state index is 5.78. The maximum absolute atomic E-state index is 5.78. The number of benzene rings is 1. The molecule has 0 unspecified atom stereocenters. The lowest BCUT2D eigenvalue weighted by Crippen LogP contribution is -2.33. The molecule has 15 heavy (non-hydrogen) atoms. The SMILES string of the molecule is C[C@@H](N)CCN1CCc2ccccc2C1. The van der Waals surface area contributed by atoms with E-state index in [9.17, 15) is 0 Å². The summed E-state index contributed by atoms with van der Waals surface area (Å²) in [6, 6.07) is 9.08. The number of nitrogens with zero attached hydrogens (tertiary/aromatic N) is 1. The molecule has 0 saturated carbocycles. The summed E-state index contributed by atoms with van der Waals surface area (Å²) in [5, 5.41) is 0. The summed E-state index contributed by atoms with van der Waals surface area (Å²) >= 11 is 0. The van der Waals surface area contributed by atoms with Crippen molar-refractivity contribution in [2.75, 3.05) is 13.1 Å². The molecule has 2 nitrogen and oxygen atoms in total. The Balaban J connectivity index is 1.94. The van der Waals surface area contributed by atoms with Gasteiger partial charge in [-0.25, -0.2) is 0 Å². The van der Waals surface area contributed by atoms with Crippen LogP contribution >= 0.6 is 0 Å². The highest BCUT2D eigenvalue weighted by Crippen LogP contribution is 2.18. The van der Waals surface area contributed by atoms with E-state index in [1.165, 1.54) is 24.1 Å². The maximum Gasteiger partial charge on any atom is 0.0236 e. The van der Waals surface area contributed by atoms with Crippen LogP contribution in [0.25, 0.3) is 0 Å². The molecule has 0 bridgehead atoms. The average molecular weight is 204 g/mol. The Hall–Kier alpha value is -0.860. The fraction of sp³-hybridized carbons (Fsp3) is 0.538. The fourth-order valence-electron chi connectivity index (χ4n) is 2.13. The van der Waals surface area contributed by atoms with Crippen molar-refractivity contribution in [3.63, 3.8) is 0 Å². The normalized spacial score (nSPS) is 18.5. The summed E-state index contributed by atoms with van der Waals surface area (Å²) in [6.45, 7) is 5.50. The van der Waals surface area contributed by atoms with Crippen LogP contribution in [-0.2, 0) is 13.0 Å². The van der Waals surface area contributed by atoms with E-state index >= 15 is 0 Å². The van der Waals surface area contributed by atoms with E-state index in [-0.39, 0.29) is 0 Å². The smallest absolute Gasteiger partial charge is 0.0236 e. The molecule has 2 N–H and O–H groups in total. The van der Waals surface area contributed by atoms with Gasteiger partial charge >= 0.3 is 0 Å². The van der Waals surface area contributed by atoms with Gasteiger partial charge in [0.15, 0.2) is 0 Å². The van der Waals surface area contributed by atoms with Gasteiger partial charge in [0.25, 0.3) is 0 Å². The van der Waals surface area contributed by atoms with E-state index in [2.05, 4.69) is 36.1 Å². The second kappa shape index (κ2) is 4.77. The summed E-state index contributed by atoms with van der Waals surface area (Å²) in [7, 11) is 0. The zero-order valence-electron chi connectivity index (χ0n) is 9.45. The van der Waals surface area contributed by atoms with Crippen LogP contribution in [0.15, 0.2) is 24.3 Å². The van der Waals surface area contributed by atoms with E-state index < -0.39 is 0 Å². The van der Waals surface area contributed by atoms with Gasteiger partial charge in [-0.3, -0.25) is 4.90 Å². The lowest BCUT2D eigenvalue weighted by Gasteiger charge is -2.29. The first-order valence-electron chi connectivity index (χ1n) is 5.80. The van der Waals surface area contributed by atoms with Gasteiger partial charge in [0.2, 0.25) is 0 Å². The predicted molar refractivity (Wildman–Crippen MR) is 63.7 cm³/mol. The van der Waals surface area contributed by atoms with Crippen LogP contribution in [-0.4, -0.2) is 24.0 Å². The Bertz CT molecular complexity index is 320. The Morgan fingerprint density at radius 3 is 2.80 bits per heavy atom. The van der Waals surface area contributed by atoms with Crippen LogP contribution in [0.1, 0.15) is 24.5 Å². The molecule has 0 spiro atoms. The Morgan fingerprint density at radius 1 is 1.33 bits per heavy atom. The lowest BCUT2D eigenvalue weighted by molar-refractivity contribution is 0.246. The van der Waals surface area contributed by atoms with E-state index in [0.29, 0.717) is 6.04 Å². The molecule has 1 aliphatic heterocycles. The number of rotatable bonds is 3. The highest BCUT2D eigenvalue weighted by Gasteiger charge is 2.15. The summed E-state index contributed by atoms with van der Waals surface area (Å²) < 4.78 is 0. The molecule has 0 saturated heterocycles. The summed E-state index contributed by atoms with van der Waals surface area (Å²) in [4.78, 5) is 2.51. The quantitative estimate of drug-likeness (QED) is 0.813. The van der Waals surface area contributed by atoms with Crippen LogP contribution in [0, 0.1) is 0 Å². The first-order valence-corrected chi connectivity index (χ1v) is 5.80. The second-order valence-electron chi connectivity index (χ2n) is 4.56. The van der Waals surface area contributed by atoms with Gasteiger partial charge in [-0.15, -0.1) is 0 Å². The molecule has 2 heteroatoms. The second-order valence-corrected chi connectivity index (χ2v) is 4.56. The van der Waals surface area contributed by atoms with Crippen molar-refractivity contribution >= 4 is 0 Å². The average Bonchev–Trinajstić information content (AvgIpc) is 2.26. The van der Waals surface area contributed by atoms with Crippen molar-refractivity contribution in [3.05, 3.63) is 35.4 Å². The zero-order valence-corrected chi connectivity index (χ0v) is 9.45. The molecule has 0 aliphatic carbocycles. The monoisotopic (exact) mass is 204 g/mol. The number of nitrogens with two attached hydrogens (primary N) is 1. The van der Waals surface area contributed by atoms with Crippen molar-refractivity contribution in [1.82, 2.24) is 4.90 Å². The molecular formula is C13H20N2.